The van der Waals surface area contributed by atoms with Gasteiger partial charge in [-0.1, -0.05) is 0 Å². The van der Waals surface area contributed by atoms with Crippen LogP contribution in [-0.2, 0) is 19.1 Å². The van der Waals surface area contributed by atoms with Crippen molar-refractivity contribution in [3.63, 3.8) is 0 Å². The number of ether oxygens (including phenoxy) is 2. The third-order valence-electron chi connectivity index (χ3n) is 2.79. The fraction of sp³-hybridized carbons (Fsp3) is 0.818. The Labute approximate surface area is 117 Å². The summed E-state index contributed by atoms with van der Waals surface area (Å²) in [6.07, 6.45) is -3.86. The van der Waals surface area contributed by atoms with Crippen LogP contribution >= 0.6 is 0 Å². The van der Waals surface area contributed by atoms with E-state index >= 15 is 0 Å². The van der Waals surface area contributed by atoms with Gasteiger partial charge in [0.1, 0.15) is 12.2 Å². The Balaban J connectivity index is 2.26. The molecule has 0 aromatic carbocycles. The van der Waals surface area contributed by atoms with E-state index in [1.54, 1.807) is 0 Å². The second-order valence-corrected chi connectivity index (χ2v) is 4.46. The minimum atomic E-state index is -1.04. The zero-order valence-corrected chi connectivity index (χ0v) is 10.9. The minimum Gasteiger partial charge on any atom is -0.394 e. The molecule has 1 saturated heterocycles. The summed E-state index contributed by atoms with van der Waals surface area (Å²) in [6.45, 7) is -0.687. The van der Waals surface area contributed by atoms with Gasteiger partial charge in [0.15, 0.2) is 14.1 Å². The fourth-order valence-corrected chi connectivity index (χ4v) is 1.72. The largest absolute Gasteiger partial charge is 0.394 e. The first-order valence-corrected chi connectivity index (χ1v) is 6.23. The van der Waals surface area contributed by atoms with Gasteiger partial charge >= 0.3 is 0 Å². The van der Waals surface area contributed by atoms with Crippen LogP contribution in [0.15, 0.2) is 0 Å². The van der Waals surface area contributed by atoms with E-state index in [1.165, 1.54) is 0 Å². The van der Waals surface area contributed by atoms with Gasteiger partial charge in [-0.2, -0.15) is 0 Å². The summed E-state index contributed by atoms with van der Waals surface area (Å²) in [6, 6.07) is 0. The lowest BCUT2D eigenvalue weighted by Crippen LogP contribution is -2.49. The summed E-state index contributed by atoms with van der Waals surface area (Å²) in [5.74, 6) is -0.423. The molecular formula is C11H18BNO7. The molecule has 3 unspecified atom stereocenters. The van der Waals surface area contributed by atoms with Crippen molar-refractivity contribution in [2.75, 3.05) is 19.8 Å². The van der Waals surface area contributed by atoms with Crippen LogP contribution < -0.4 is 5.32 Å². The van der Waals surface area contributed by atoms with Crippen LogP contribution in [-0.4, -0.2) is 79.1 Å². The van der Waals surface area contributed by atoms with Crippen molar-refractivity contribution in [3.8, 4) is 0 Å². The first-order chi connectivity index (χ1) is 9.43. The smallest absolute Gasteiger partial charge is 0.222 e. The number of carbonyl (C=O) groups excluding carboxylic acids is 2. The van der Waals surface area contributed by atoms with Crippen molar-refractivity contribution in [1.82, 2.24) is 5.32 Å². The standard InChI is InChI=1S/C11H18BNO7/c12-9(17)4-13-10(18)1-2-19-11-7(16)3-6(15)8(5-14)20-11/h6-8,11,14-16H,1-5H2,(H,13,18)/t6?,7?,8-,11?/m1/s1. The Hall–Kier alpha value is -0.995. The monoisotopic (exact) mass is 287 g/mol. The van der Waals surface area contributed by atoms with Gasteiger partial charge in [0.25, 0.3) is 0 Å². The lowest BCUT2D eigenvalue weighted by Gasteiger charge is -2.36. The van der Waals surface area contributed by atoms with Gasteiger partial charge in [0.2, 0.25) is 5.91 Å². The lowest BCUT2D eigenvalue weighted by molar-refractivity contribution is -0.269. The Bertz CT molecular complexity index is 341. The number of hydrogen-bond acceptors (Lipinski definition) is 7. The molecular weight excluding hydrogens is 269 g/mol. The van der Waals surface area contributed by atoms with Crippen LogP contribution in [0.3, 0.4) is 0 Å². The molecule has 9 heteroatoms. The van der Waals surface area contributed by atoms with Crippen LogP contribution in [0.1, 0.15) is 12.8 Å². The first kappa shape index (κ1) is 17.1. The quantitative estimate of drug-likeness (QED) is 0.368. The maximum Gasteiger partial charge on any atom is 0.222 e. The molecule has 0 aromatic heterocycles. The van der Waals surface area contributed by atoms with Crippen molar-refractivity contribution < 1.29 is 34.4 Å². The molecule has 1 aliphatic heterocycles. The molecule has 1 aliphatic rings. The van der Waals surface area contributed by atoms with Crippen LogP contribution in [0, 0.1) is 0 Å². The van der Waals surface area contributed by atoms with Crippen LogP contribution in [0.2, 0.25) is 0 Å². The average molecular weight is 287 g/mol. The van der Waals surface area contributed by atoms with E-state index in [2.05, 4.69) is 5.32 Å². The molecule has 2 radical (unpaired) electrons. The van der Waals surface area contributed by atoms with E-state index in [0.717, 1.165) is 0 Å². The summed E-state index contributed by atoms with van der Waals surface area (Å²) in [5, 5.41) is 30.4. The molecule has 0 aromatic rings. The number of amides is 1. The summed E-state index contributed by atoms with van der Waals surface area (Å²) in [5.41, 5.74) is -0.648. The number of nitrogens with one attached hydrogen (secondary N) is 1. The Kier molecular flexibility index (Phi) is 7.10. The highest BCUT2D eigenvalue weighted by Crippen LogP contribution is 2.21. The highest BCUT2D eigenvalue weighted by molar-refractivity contribution is 6.58. The van der Waals surface area contributed by atoms with Crippen molar-refractivity contribution >= 4 is 19.4 Å². The lowest BCUT2D eigenvalue weighted by atomic mass is 10.0. The minimum absolute atomic E-state index is 0.0176. The molecule has 0 bridgehead atoms. The van der Waals surface area contributed by atoms with Gasteiger partial charge in [-0.25, -0.2) is 0 Å². The molecule has 8 nitrogen and oxygen atoms in total. The first-order valence-electron chi connectivity index (χ1n) is 6.23. The van der Waals surface area contributed by atoms with Gasteiger partial charge in [0, 0.05) is 6.42 Å². The fourth-order valence-electron chi connectivity index (χ4n) is 1.72. The van der Waals surface area contributed by atoms with E-state index in [1.807, 2.05) is 0 Å². The number of aliphatic hydroxyl groups is 3. The molecule has 1 fully saturated rings. The number of aliphatic hydroxyl groups excluding tert-OH is 3. The van der Waals surface area contributed by atoms with Crippen molar-refractivity contribution in [2.24, 2.45) is 0 Å². The van der Waals surface area contributed by atoms with Crippen LogP contribution in [0.4, 0.5) is 0 Å². The van der Waals surface area contributed by atoms with E-state index in [-0.39, 0.29) is 26.0 Å². The maximum absolute atomic E-state index is 11.3. The number of hydrogen-bond donors (Lipinski definition) is 4. The van der Waals surface area contributed by atoms with Crippen molar-refractivity contribution in [3.05, 3.63) is 0 Å². The Morgan fingerprint density at radius 2 is 2.05 bits per heavy atom. The number of carbonyl (C=O) groups is 2. The molecule has 0 saturated carbocycles. The third-order valence-corrected chi connectivity index (χ3v) is 2.79. The van der Waals surface area contributed by atoms with Crippen LogP contribution in [0.5, 0.6) is 0 Å². The van der Waals surface area contributed by atoms with Gasteiger partial charge in [-0.05, 0) is 0 Å². The molecule has 0 aliphatic carbocycles. The molecule has 112 valence electrons. The molecule has 20 heavy (non-hydrogen) atoms. The zero-order valence-electron chi connectivity index (χ0n) is 10.9. The van der Waals surface area contributed by atoms with E-state index in [4.69, 9.17) is 22.4 Å². The second kappa shape index (κ2) is 8.33. The van der Waals surface area contributed by atoms with Gasteiger partial charge in [-0.15, -0.1) is 0 Å². The zero-order chi connectivity index (χ0) is 15.1. The van der Waals surface area contributed by atoms with E-state index in [9.17, 15) is 19.8 Å². The molecule has 1 heterocycles. The van der Waals surface area contributed by atoms with Gasteiger partial charge < -0.3 is 34.9 Å². The molecule has 4 N–H and O–H groups in total. The third kappa shape index (κ3) is 5.55. The predicted molar refractivity (Wildman–Crippen MR) is 66.7 cm³/mol. The summed E-state index contributed by atoms with van der Waals surface area (Å²) >= 11 is 0. The van der Waals surface area contributed by atoms with E-state index < -0.39 is 42.8 Å². The summed E-state index contributed by atoms with van der Waals surface area (Å²) in [4.78, 5) is 21.7. The van der Waals surface area contributed by atoms with Crippen molar-refractivity contribution in [2.45, 2.75) is 37.4 Å². The second-order valence-electron chi connectivity index (χ2n) is 4.46. The topological polar surface area (TPSA) is 125 Å². The van der Waals surface area contributed by atoms with Gasteiger partial charge in [-0.3, -0.25) is 4.79 Å². The summed E-state index contributed by atoms with van der Waals surface area (Å²) < 4.78 is 10.3. The molecule has 1 rings (SSSR count). The molecule has 4 atom stereocenters. The van der Waals surface area contributed by atoms with Crippen molar-refractivity contribution in [1.29, 1.82) is 0 Å². The average Bonchev–Trinajstić information content (AvgIpc) is 2.39. The molecule has 1 amide bonds. The molecule has 0 spiro atoms. The highest BCUT2D eigenvalue weighted by Gasteiger charge is 2.36. The van der Waals surface area contributed by atoms with Gasteiger partial charge in [0.05, 0.1) is 38.0 Å². The van der Waals surface area contributed by atoms with Crippen LogP contribution in [0.25, 0.3) is 0 Å². The normalized spacial score (nSPS) is 29.9. The highest BCUT2D eigenvalue weighted by atomic mass is 16.7. The Morgan fingerprint density at radius 3 is 2.65 bits per heavy atom. The predicted octanol–water partition coefficient (Wildman–Crippen LogP) is -2.97. The van der Waals surface area contributed by atoms with E-state index in [0.29, 0.717) is 0 Å². The maximum atomic E-state index is 11.3. The Morgan fingerprint density at radius 1 is 1.35 bits per heavy atom. The summed E-state index contributed by atoms with van der Waals surface area (Å²) in [7, 11) is 4.86. The SMILES string of the molecule is [B]C(=O)CNC(=O)CCOC1O[C@H](CO)C(O)CC1O. The number of rotatable bonds is 7.